The van der Waals surface area contributed by atoms with E-state index in [-0.39, 0.29) is 5.91 Å². The summed E-state index contributed by atoms with van der Waals surface area (Å²) in [6.07, 6.45) is 1.79. The van der Waals surface area contributed by atoms with Gasteiger partial charge >= 0.3 is 0 Å². The largest absolute Gasteiger partial charge is 0.493 e. The first-order valence-corrected chi connectivity index (χ1v) is 9.06. The Kier molecular flexibility index (Phi) is 6.20. The third-order valence-corrected chi connectivity index (χ3v) is 4.78. The zero-order valence-corrected chi connectivity index (χ0v) is 16.7. The van der Waals surface area contributed by atoms with Gasteiger partial charge in [0.1, 0.15) is 5.82 Å². The molecule has 0 aliphatic carbocycles. The zero-order valence-electron chi connectivity index (χ0n) is 16.7. The van der Waals surface area contributed by atoms with Crippen LogP contribution in [-0.2, 0) is 0 Å². The summed E-state index contributed by atoms with van der Waals surface area (Å²) in [6, 6.07) is 7.00. The van der Waals surface area contributed by atoms with E-state index in [1.807, 2.05) is 12.1 Å². The Morgan fingerprint density at radius 1 is 1.00 bits per heavy atom. The molecule has 0 atom stereocenters. The van der Waals surface area contributed by atoms with Crippen molar-refractivity contribution < 1.29 is 19.0 Å². The normalized spacial score (nSPS) is 14.5. The van der Waals surface area contributed by atoms with E-state index >= 15 is 0 Å². The van der Waals surface area contributed by atoms with Crippen LogP contribution in [0, 0.1) is 0 Å². The fraction of sp³-hybridized carbons (Fsp3) is 0.400. The summed E-state index contributed by atoms with van der Waals surface area (Å²) < 4.78 is 15.9. The Bertz CT molecular complexity index is 792. The number of nitrogens with one attached hydrogen (secondary N) is 1. The molecule has 2 heterocycles. The van der Waals surface area contributed by atoms with Crippen molar-refractivity contribution >= 4 is 17.4 Å². The summed E-state index contributed by atoms with van der Waals surface area (Å²) >= 11 is 0. The number of carbonyl (C=O) groups is 1. The minimum Gasteiger partial charge on any atom is -0.493 e. The van der Waals surface area contributed by atoms with Crippen molar-refractivity contribution in [2.24, 2.45) is 0 Å². The number of ether oxygens (including phenoxy) is 3. The van der Waals surface area contributed by atoms with Crippen LogP contribution in [-0.4, -0.2) is 70.3 Å². The Labute approximate surface area is 165 Å². The SMILES string of the molecule is COc1cc(C(=O)Nc2ccc(N3CCN(C)CC3)cn2)cc(OC)c1OC. The topological polar surface area (TPSA) is 76.2 Å². The van der Waals surface area contributed by atoms with Gasteiger partial charge in [0.15, 0.2) is 11.5 Å². The van der Waals surface area contributed by atoms with Gasteiger partial charge in [-0.2, -0.15) is 0 Å². The number of nitrogens with zero attached hydrogens (tertiary/aromatic N) is 3. The Hall–Kier alpha value is -3.00. The predicted octanol–water partition coefficient (Wildman–Crippen LogP) is 2.11. The molecule has 28 heavy (non-hydrogen) atoms. The second kappa shape index (κ2) is 8.79. The maximum absolute atomic E-state index is 12.7. The zero-order chi connectivity index (χ0) is 20.1. The molecular formula is C20H26N4O4. The van der Waals surface area contributed by atoms with Gasteiger partial charge in [0.05, 0.1) is 33.2 Å². The minimum absolute atomic E-state index is 0.306. The number of likely N-dealkylation sites (N-methyl/N-ethyl adjacent to an activating group) is 1. The predicted molar refractivity (Wildman–Crippen MR) is 108 cm³/mol. The van der Waals surface area contributed by atoms with Gasteiger partial charge in [-0.25, -0.2) is 4.98 Å². The standard InChI is InChI=1S/C20H26N4O4/c1-23-7-9-24(10-8-23)15-5-6-18(21-13-15)22-20(25)14-11-16(26-2)19(28-4)17(12-14)27-3/h5-6,11-13H,7-10H2,1-4H3,(H,21,22,25). The number of amides is 1. The van der Waals surface area contributed by atoms with Gasteiger partial charge < -0.3 is 29.3 Å². The molecule has 8 heteroatoms. The summed E-state index contributed by atoms with van der Waals surface area (Å²) in [4.78, 5) is 21.6. The first-order valence-electron chi connectivity index (χ1n) is 9.06. The van der Waals surface area contributed by atoms with Crippen molar-refractivity contribution in [1.29, 1.82) is 0 Å². The second-order valence-corrected chi connectivity index (χ2v) is 6.56. The van der Waals surface area contributed by atoms with Gasteiger partial charge in [-0.3, -0.25) is 4.79 Å². The van der Waals surface area contributed by atoms with Crippen LogP contribution in [0.15, 0.2) is 30.5 Å². The van der Waals surface area contributed by atoms with Crippen LogP contribution in [0.2, 0.25) is 0 Å². The maximum Gasteiger partial charge on any atom is 0.257 e. The molecule has 0 radical (unpaired) electrons. The number of piperazine rings is 1. The molecule has 1 fully saturated rings. The van der Waals surface area contributed by atoms with Crippen LogP contribution in [0.1, 0.15) is 10.4 Å². The average Bonchev–Trinajstić information content (AvgIpc) is 2.73. The van der Waals surface area contributed by atoms with Crippen molar-refractivity contribution in [2.75, 3.05) is 64.8 Å². The van der Waals surface area contributed by atoms with Gasteiger partial charge in [-0.1, -0.05) is 0 Å². The van der Waals surface area contributed by atoms with E-state index < -0.39 is 0 Å². The fourth-order valence-corrected chi connectivity index (χ4v) is 3.11. The lowest BCUT2D eigenvalue weighted by Crippen LogP contribution is -2.44. The molecule has 2 aromatic rings. The molecule has 150 valence electrons. The molecule has 0 spiro atoms. The van der Waals surface area contributed by atoms with Gasteiger partial charge in [0.2, 0.25) is 5.75 Å². The number of rotatable bonds is 6. The van der Waals surface area contributed by atoms with Crippen molar-refractivity contribution in [3.63, 3.8) is 0 Å². The molecule has 0 saturated carbocycles. The first-order chi connectivity index (χ1) is 13.5. The van der Waals surface area contributed by atoms with Gasteiger partial charge in [0, 0.05) is 31.7 Å². The van der Waals surface area contributed by atoms with Crippen LogP contribution in [0.4, 0.5) is 11.5 Å². The molecule has 3 rings (SSSR count). The summed E-state index contributed by atoms with van der Waals surface area (Å²) in [7, 11) is 6.67. The Balaban J connectivity index is 1.72. The van der Waals surface area contributed by atoms with E-state index in [4.69, 9.17) is 14.2 Å². The highest BCUT2D eigenvalue weighted by atomic mass is 16.5. The Morgan fingerprint density at radius 3 is 2.14 bits per heavy atom. The molecule has 1 aliphatic rings. The van der Waals surface area contributed by atoms with E-state index in [2.05, 4.69) is 27.1 Å². The van der Waals surface area contributed by atoms with E-state index in [9.17, 15) is 4.79 Å². The molecule has 1 aromatic heterocycles. The van der Waals surface area contributed by atoms with Gasteiger partial charge in [-0.15, -0.1) is 0 Å². The van der Waals surface area contributed by atoms with Crippen molar-refractivity contribution in [3.05, 3.63) is 36.0 Å². The van der Waals surface area contributed by atoms with E-state index in [1.165, 1.54) is 21.3 Å². The minimum atomic E-state index is -0.306. The molecule has 0 bridgehead atoms. The number of aromatic nitrogens is 1. The lowest BCUT2D eigenvalue weighted by atomic mass is 10.1. The molecule has 1 aromatic carbocycles. The summed E-state index contributed by atoms with van der Waals surface area (Å²) in [6.45, 7) is 3.99. The van der Waals surface area contributed by atoms with Crippen LogP contribution >= 0.6 is 0 Å². The Morgan fingerprint density at radius 2 is 1.64 bits per heavy atom. The van der Waals surface area contributed by atoms with E-state index in [1.54, 1.807) is 18.3 Å². The highest BCUT2D eigenvalue weighted by Gasteiger charge is 2.18. The van der Waals surface area contributed by atoms with Crippen molar-refractivity contribution in [3.8, 4) is 17.2 Å². The summed E-state index contributed by atoms with van der Waals surface area (Å²) in [5, 5.41) is 2.81. The molecule has 1 aliphatic heterocycles. The summed E-state index contributed by atoms with van der Waals surface area (Å²) in [5.41, 5.74) is 1.44. The summed E-state index contributed by atoms with van der Waals surface area (Å²) in [5.74, 6) is 1.46. The molecular weight excluding hydrogens is 360 g/mol. The van der Waals surface area contributed by atoms with Gasteiger partial charge in [-0.05, 0) is 31.3 Å². The smallest absolute Gasteiger partial charge is 0.257 e. The molecule has 8 nitrogen and oxygen atoms in total. The fourth-order valence-electron chi connectivity index (χ4n) is 3.11. The lowest BCUT2D eigenvalue weighted by Gasteiger charge is -2.33. The highest BCUT2D eigenvalue weighted by molar-refractivity contribution is 6.04. The van der Waals surface area contributed by atoms with Crippen LogP contribution in [0.3, 0.4) is 0 Å². The average molecular weight is 386 g/mol. The number of anilines is 2. The number of methoxy groups -OCH3 is 3. The number of hydrogen-bond acceptors (Lipinski definition) is 7. The first kappa shape index (κ1) is 19.8. The second-order valence-electron chi connectivity index (χ2n) is 6.56. The highest BCUT2D eigenvalue weighted by Crippen LogP contribution is 2.38. The lowest BCUT2D eigenvalue weighted by molar-refractivity contribution is 0.102. The van der Waals surface area contributed by atoms with Crippen molar-refractivity contribution in [2.45, 2.75) is 0 Å². The van der Waals surface area contributed by atoms with Crippen LogP contribution in [0.25, 0.3) is 0 Å². The number of benzene rings is 1. The molecule has 1 N–H and O–H groups in total. The molecule has 0 unspecified atom stereocenters. The van der Waals surface area contributed by atoms with Crippen LogP contribution in [0.5, 0.6) is 17.2 Å². The van der Waals surface area contributed by atoms with Crippen LogP contribution < -0.4 is 24.4 Å². The van der Waals surface area contributed by atoms with E-state index in [0.29, 0.717) is 28.6 Å². The monoisotopic (exact) mass is 386 g/mol. The van der Waals surface area contributed by atoms with E-state index in [0.717, 1.165) is 31.9 Å². The molecule has 1 amide bonds. The quantitative estimate of drug-likeness (QED) is 0.815. The molecule has 1 saturated heterocycles. The van der Waals surface area contributed by atoms with Gasteiger partial charge in [0.25, 0.3) is 5.91 Å². The third kappa shape index (κ3) is 4.28. The number of carbonyl (C=O) groups excluding carboxylic acids is 1. The van der Waals surface area contributed by atoms with Crippen molar-refractivity contribution in [1.82, 2.24) is 9.88 Å². The third-order valence-electron chi connectivity index (χ3n) is 4.78. The maximum atomic E-state index is 12.7. The number of pyridine rings is 1. The number of hydrogen-bond donors (Lipinski definition) is 1.